The highest BCUT2D eigenvalue weighted by molar-refractivity contribution is 7.12. The lowest BCUT2D eigenvalue weighted by Gasteiger charge is -2.37. The first-order valence-corrected chi connectivity index (χ1v) is 8.22. The summed E-state index contributed by atoms with van der Waals surface area (Å²) in [5, 5.41) is 10.00. The van der Waals surface area contributed by atoms with E-state index < -0.39 is 0 Å². The smallest absolute Gasteiger partial charge is 0.133 e. The second-order valence-corrected chi connectivity index (χ2v) is 7.75. The maximum atomic E-state index is 10.00. The van der Waals surface area contributed by atoms with Gasteiger partial charge in [0.2, 0.25) is 0 Å². The van der Waals surface area contributed by atoms with Crippen LogP contribution in [-0.2, 0) is 12.0 Å². The van der Waals surface area contributed by atoms with Gasteiger partial charge in [-0.25, -0.2) is 0 Å². The number of hydrogen-bond donors (Lipinski definition) is 1. The number of fused-ring (bicyclic) bond motifs is 1. The van der Waals surface area contributed by atoms with Crippen LogP contribution in [-0.4, -0.2) is 5.11 Å². The van der Waals surface area contributed by atoms with E-state index in [0.717, 1.165) is 35.3 Å². The summed E-state index contributed by atoms with van der Waals surface area (Å²) in [5.74, 6) is 1.34. The number of benzene rings is 1. The fourth-order valence-electron chi connectivity index (χ4n) is 3.26. The Balaban J connectivity index is 2.08. The van der Waals surface area contributed by atoms with Gasteiger partial charge in [-0.05, 0) is 76.3 Å². The van der Waals surface area contributed by atoms with Gasteiger partial charge in [-0.15, -0.1) is 11.3 Å². The van der Waals surface area contributed by atoms with Crippen LogP contribution in [0.3, 0.4) is 0 Å². The number of thiophene rings is 1. The van der Waals surface area contributed by atoms with Crippen LogP contribution in [0, 0.1) is 27.7 Å². The summed E-state index contributed by atoms with van der Waals surface area (Å²) >= 11 is 1.83. The van der Waals surface area contributed by atoms with Gasteiger partial charge in [-0.3, -0.25) is 0 Å². The first-order chi connectivity index (χ1) is 9.82. The van der Waals surface area contributed by atoms with Crippen molar-refractivity contribution in [2.24, 2.45) is 0 Å². The van der Waals surface area contributed by atoms with Crippen LogP contribution in [0.2, 0.25) is 0 Å². The maximum absolute atomic E-state index is 10.00. The Morgan fingerprint density at radius 3 is 2.48 bits per heavy atom. The van der Waals surface area contributed by atoms with Crippen molar-refractivity contribution < 1.29 is 9.84 Å². The molecule has 0 saturated carbocycles. The molecular weight excluding hydrogens is 280 g/mol. The van der Waals surface area contributed by atoms with E-state index in [1.165, 1.54) is 15.3 Å². The average Bonchev–Trinajstić information content (AvgIpc) is 2.77. The monoisotopic (exact) mass is 302 g/mol. The average molecular weight is 302 g/mol. The molecule has 3 heteroatoms. The van der Waals surface area contributed by atoms with Gasteiger partial charge in [0.1, 0.15) is 17.1 Å². The van der Waals surface area contributed by atoms with Crippen molar-refractivity contribution in [2.75, 3.05) is 0 Å². The molecule has 1 atom stereocenters. The van der Waals surface area contributed by atoms with Crippen molar-refractivity contribution in [3.05, 3.63) is 44.1 Å². The van der Waals surface area contributed by atoms with Gasteiger partial charge >= 0.3 is 0 Å². The van der Waals surface area contributed by atoms with Crippen molar-refractivity contribution in [3.8, 4) is 11.5 Å². The Hall–Kier alpha value is -1.48. The summed E-state index contributed by atoms with van der Waals surface area (Å²) in [5.41, 5.74) is 4.13. The van der Waals surface area contributed by atoms with Crippen LogP contribution in [0.25, 0.3) is 0 Å². The van der Waals surface area contributed by atoms with Crippen LogP contribution in [0.1, 0.15) is 45.4 Å². The molecule has 2 nitrogen and oxygen atoms in total. The summed E-state index contributed by atoms with van der Waals surface area (Å²) in [6.45, 7) is 10.5. The molecule has 2 aromatic rings. The molecule has 1 aliphatic rings. The van der Waals surface area contributed by atoms with Gasteiger partial charge in [0.05, 0.1) is 0 Å². The second-order valence-electron chi connectivity index (χ2n) is 6.29. The van der Waals surface area contributed by atoms with Crippen molar-refractivity contribution in [3.63, 3.8) is 0 Å². The number of aryl methyl sites for hydroxylation is 3. The first-order valence-electron chi connectivity index (χ1n) is 7.40. The third kappa shape index (κ3) is 2.24. The van der Waals surface area contributed by atoms with Gasteiger partial charge in [-0.2, -0.15) is 0 Å². The number of phenolic OH excluding ortho intramolecular Hbond substituents is 1. The minimum absolute atomic E-state index is 0.268. The van der Waals surface area contributed by atoms with E-state index >= 15 is 0 Å². The minimum atomic E-state index is -0.268. The zero-order valence-corrected chi connectivity index (χ0v) is 14.1. The molecule has 112 valence electrons. The van der Waals surface area contributed by atoms with Crippen molar-refractivity contribution in [1.82, 2.24) is 0 Å². The maximum Gasteiger partial charge on any atom is 0.133 e. The quantitative estimate of drug-likeness (QED) is 0.809. The third-order valence-electron chi connectivity index (χ3n) is 4.70. The molecule has 0 radical (unpaired) electrons. The van der Waals surface area contributed by atoms with Crippen molar-refractivity contribution in [1.29, 1.82) is 0 Å². The molecule has 3 rings (SSSR count). The molecule has 1 aromatic carbocycles. The summed E-state index contributed by atoms with van der Waals surface area (Å²) in [7, 11) is 0. The fourth-order valence-corrected chi connectivity index (χ4v) is 4.31. The van der Waals surface area contributed by atoms with Crippen LogP contribution in [0.15, 0.2) is 12.1 Å². The van der Waals surface area contributed by atoms with Crippen LogP contribution >= 0.6 is 11.3 Å². The highest BCUT2D eigenvalue weighted by Gasteiger charge is 2.36. The third-order valence-corrected chi connectivity index (χ3v) is 5.67. The lowest BCUT2D eigenvalue weighted by atomic mass is 9.85. The molecule has 1 aromatic heterocycles. The Morgan fingerprint density at radius 1 is 1.14 bits per heavy atom. The summed E-state index contributed by atoms with van der Waals surface area (Å²) in [6, 6.07) is 4.12. The predicted octanol–water partition coefficient (Wildman–Crippen LogP) is 4.93. The molecule has 1 unspecified atom stereocenters. The first kappa shape index (κ1) is 14.5. The lowest BCUT2D eigenvalue weighted by molar-refractivity contribution is 0.0612. The molecule has 0 aliphatic carbocycles. The molecule has 0 amide bonds. The molecule has 1 aliphatic heterocycles. The SMILES string of the molecule is Cc1cc(C2(C)CCc3cc(O)c(C)c(C)c3O2)c(C)s1. The largest absolute Gasteiger partial charge is 0.508 e. The van der Waals surface area contributed by atoms with Gasteiger partial charge in [0.15, 0.2) is 0 Å². The van der Waals surface area contributed by atoms with Crippen LogP contribution in [0.4, 0.5) is 0 Å². The highest BCUT2D eigenvalue weighted by Crippen LogP contribution is 2.45. The Bertz CT molecular complexity index is 714. The summed E-state index contributed by atoms with van der Waals surface area (Å²) in [6.07, 6.45) is 1.88. The molecule has 0 saturated heterocycles. The molecule has 1 N–H and O–H groups in total. The van der Waals surface area contributed by atoms with E-state index in [4.69, 9.17) is 4.74 Å². The van der Waals surface area contributed by atoms with Crippen molar-refractivity contribution in [2.45, 2.75) is 53.1 Å². The standard InChI is InChI=1S/C18H22O2S/c1-10-8-15(13(4)21-10)18(5)7-6-14-9-16(19)11(2)12(3)17(14)20-18/h8-9,19H,6-7H2,1-5H3. The van der Waals surface area contributed by atoms with Crippen molar-refractivity contribution >= 4 is 11.3 Å². The number of phenols is 1. The van der Waals surface area contributed by atoms with E-state index in [9.17, 15) is 5.11 Å². The normalized spacial score (nSPS) is 21.0. The Kier molecular flexibility index (Phi) is 3.28. The van der Waals surface area contributed by atoms with E-state index in [2.05, 4.69) is 26.8 Å². The number of ether oxygens (including phenoxy) is 1. The zero-order chi connectivity index (χ0) is 15.4. The molecule has 21 heavy (non-hydrogen) atoms. The van der Waals surface area contributed by atoms with Gasteiger partial charge < -0.3 is 9.84 Å². The molecule has 0 bridgehead atoms. The molecular formula is C18H22O2S. The van der Waals surface area contributed by atoms with E-state index in [1.54, 1.807) is 0 Å². The topological polar surface area (TPSA) is 29.5 Å². The highest BCUT2D eigenvalue weighted by atomic mass is 32.1. The molecule has 0 fully saturated rings. The number of aromatic hydroxyl groups is 1. The van der Waals surface area contributed by atoms with Gasteiger partial charge in [0.25, 0.3) is 0 Å². The van der Waals surface area contributed by atoms with Crippen LogP contribution < -0.4 is 4.74 Å². The number of hydrogen-bond acceptors (Lipinski definition) is 3. The van der Waals surface area contributed by atoms with E-state index in [1.807, 2.05) is 31.3 Å². The van der Waals surface area contributed by atoms with Gasteiger partial charge in [0, 0.05) is 15.3 Å². The second kappa shape index (κ2) is 4.77. The van der Waals surface area contributed by atoms with Crippen LogP contribution in [0.5, 0.6) is 11.5 Å². The summed E-state index contributed by atoms with van der Waals surface area (Å²) < 4.78 is 6.46. The molecule has 2 heterocycles. The summed E-state index contributed by atoms with van der Waals surface area (Å²) in [4.78, 5) is 2.67. The lowest BCUT2D eigenvalue weighted by Crippen LogP contribution is -2.34. The number of rotatable bonds is 1. The minimum Gasteiger partial charge on any atom is -0.508 e. The predicted molar refractivity (Wildman–Crippen MR) is 87.7 cm³/mol. The van der Waals surface area contributed by atoms with E-state index in [-0.39, 0.29) is 5.60 Å². The zero-order valence-electron chi connectivity index (χ0n) is 13.3. The molecule has 0 spiro atoms. The Morgan fingerprint density at radius 2 is 1.86 bits per heavy atom. The van der Waals surface area contributed by atoms with E-state index in [0.29, 0.717) is 5.75 Å². The van der Waals surface area contributed by atoms with Gasteiger partial charge in [-0.1, -0.05) is 0 Å². The fraction of sp³-hybridized carbons (Fsp3) is 0.444. The Labute approximate surface area is 130 Å².